The largest absolute Gasteiger partial charge is 0.510 e. The van der Waals surface area contributed by atoms with Gasteiger partial charge in [-0.3, -0.25) is 4.79 Å². The Morgan fingerprint density at radius 3 is 2.03 bits per heavy atom. The molecule has 0 fully saturated rings. The lowest BCUT2D eigenvalue weighted by Gasteiger charge is -2.30. The molecule has 10 heteroatoms. The molecule has 1 heterocycles. The molecule has 10 nitrogen and oxygen atoms in total. The molecule has 2 rings (SSSR count). The van der Waals surface area contributed by atoms with Gasteiger partial charge in [-0.25, -0.2) is 19.3 Å². The number of hydrogen-bond acceptors (Lipinski definition) is 9. The third-order valence-electron chi connectivity index (χ3n) is 4.39. The number of nitrogens with zero attached hydrogens (tertiary/aromatic N) is 1. The SMILES string of the molecule is C=C(C(=O)OC)C1(OC(=O)OC(C)(C)C)C(=O)N(C(=O)OC(C)(C)C)c2ccc(OC)cc21. The van der Waals surface area contributed by atoms with Crippen molar-refractivity contribution in [1.82, 2.24) is 0 Å². The summed E-state index contributed by atoms with van der Waals surface area (Å²) in [5.74, 6) is -1.87. The number of carbonyl (C=O) groups excluding carboxylic acids is 4. The van der Waals surface area contributed by atoms with Crippen molar-refractivity contribution in [3.8, 4) is 5.75 Å². The minimum Gasteiger partial charge on any atom is -0.497 e. The molecular formula is C23H29NO9. The van der Waals surface area contributed by atoms with E-state index in [4.69, 9.17) is 23.7 Å². The van der Waals surface area contributed by atoms with Crippen LogP contribution in [-0.2, 0) is 34.1 Å². The molecule has 1 aromatic carbocycles. The van der Waals surface area contributed by atoms with Crippen LogP contribution in [0.2, 0.25) is 0 Å². The van der Waals surface area contributed by atoms with E-state index in [9.17, 15) is 19.2 Å². The van der Waals surface area contributed by atoms with Crippen molar-refractivity contribution in [2.75, 3.05) is 19.1 Å². The van der Waals surface area contributed by atoms with E-state index in [1.807, 2.05) is 0 Å². The average Bonchev–Trinajstić information content (AvgIpc) is 2.92. The van der Waals surface area contributed by atoms with Gasteiger partial charge in [0, 0.05) is 5.56 Å². The highest BCUT2D eigenvalue weighted by molar-refractivity contribution is 6.24. The molecule has 0 aromatic heterocycles. The van der Waals surface area contributed by atoms with E-state index in [1.165, 1.54) is 25.3 Å². The van der Waals surface area contributed by atoms with Crippen LogP contribution in [0.4, 0.5) is 15.3 Å². The second-order valence-corrected chi connectivity index (χ2v) is 9.22. The second-order valence-electron chi connectivity index (χ2n) is 9.22. The zero-order chi connectivity index (χ0) is 25.4. The minimum atomic E-state index is -2.46. The molecule has 0 N–H and O–H groups in total. The van der Waals surface area contributed by atoms with Gasteiger partial charge in [0.1, 0.15) is 17.0 Å². The molecule has 33 heavy (non-hydrogen) atoms. The van der Waals surface area contributed by atoms with E-state index >= 15 is 0 Å². The van der Waals surface area contributed by atoms with E-state index in [-0.39, 0.29) is 17.0 Å². The van der Waals surface area contributed by atoms with Crippen LogP contribution in [0.3, 0.4) is 0 Å². The number of benzene rings is 1. The van der Waals surface area contributed by atoms with Crippen LogP contribution >= 0.6 is 0 Å². The Labute approximate surface area is 192 Å². The van der Waals surface area contributed by atoms with Gasteiger partial charge in [-0.05, 0) is 59.7 Å². The van der Waals surface area contributed by atoms with Crippen molar-refractivity contribution in [3.63, 3.8) is 0 Å². The molecule has 0 saturated heterocycles. The van der Waals surface area contributed by atoms with Gasteiger partial charge in [0.25, 0.3) is 11.5 Å². The Kier molecular flexibility index (Phi) is 6.82. The summed E-state index contributed by atoms with van der Waals surface area (Å²) in [5, 5.41) is 0. The highest BCUT2D eigenvalue weighted by Gasteiger charge is 2.61. The summed E-state index contributed by atoms with van der Waals surface area (Å²) < 4.78 is 26.0. The smallest absolute Gasteiger partial charge is 0.497 e. The van der Waals surface area contributed by atoms with Gasteiger partial charge in [-0.1, -0.05) is 6.58 Å². The van der Waals surface area contributed by atoms with Crippen molar-refractivity contribution in [2.24, 2.45) is 0 Å². The Hall–Kier alpha value is -3.56. The fourth-order valence-electron chi connectivity index (χ4n) is 3.10. The van der Waals surface area contributed by atoms with Crippen LogP contribution in [0.5, 0.6) is 5.75 Å². The van der Waals surface area contributed by atoms with Crippen LogP contribution in [-0.4, -0.2) is 49.5 Å². The number of carbonyl (C=O) groups is 4. The van der Waals surface area contributed by atoms with Crippen molar-refractivity contribution < 1.29 is 42.9 Å². The summed E-state index contributed by atoms with van der Waals surface area (Å²) in [5.41, 5.74) is -4.95. The number of fused-ring (bicyclic) bond motifs is 1. The Balaban J connectivity index is 2.78. The maximum atomic E-state index is 13.8. The van der Waals surface area contributed by atoms with E-state index in [0.717, 1.165) is 7.11 Å². The Morgan fingerprint density at radius 1 is 0.970 bits per heavy atom. The molecule has 1 aromatic rings. The highest BCUT2D eigenvalue weighted by atomic mass is 16.7. The van der Waals surface area contributed by atoms with Gasteiger partial charge < -0.3 is 23.7 Å². The molecule has 0 aliphatic carbocycles. The summed E-state index contributed by atoms with van der Waals surface area (Å²) in [7, 11) is 2.46. The third kappa shape index (κ3) is 5.10. The number of hydrogen-bond donors (Lipinski definition) is 0. The Bertz CT molecular complexity index is 1000. The van der Waals surface area contributed by atoms with Gasteiger partial charge in [-0.15, -0.1) is 0 Å². The second kappa shape index (κ2) is 8.76. The normalized spacial score (nSPS) is 17.7. The predicted molar refractivity (Wildman–Crippen MR) is 117 cm³/mol. The van der Waals surface area contributed by atoms with Gasteiger partial charge in [-0.2, -0.15) is 0 Å². The van der Waals surface area contributed by atoms with E-state index in [2.05, 4.69) is 6.58 Å². The third-order valence-corrected chi connectivity index (χ3v) is 4.39. The molecule has 1 unspecified atom stereocenters. The summed E-state index contributed by atoms with van der Waals surface area (Å²) in [6.07, 6.45) is -2.30. The first-order valence-electron chi connectivity index (χ1n) is 10.0. The summed E-state index contributed by atoms with van der Waals surface area (Å²) in [6.45, 7) is 13.3. The summed E-state index contributed by atoms with van der Waals surface area (Å²) in [4.78, 5) is 52.6. The first-order valence-corrected chi connectivity index (χ1v) is 10.0. The molecule has 0 spiro atoms. The number of methoxy groups -OCH3 is 2. The van der Waals surface area contributed by atoms with Crippen molar-refractivity contribution in [3.05, 3.63) is 35.9 Å². The van der Waals surface area contributed by atoms with E-state index in [1.54, 1.807) is 41.5 Å². The number of rotatable bonds is 4. The summed E-state index contributed by atoms with van der Waals surface area (Å²) in [6, 6.07) is 4.25. The van der Waals surface area contributed by atoms with Crippen LogP contribution in [0.1, 0.15) is 47.1 Å². The molecule has 180 valence electrons. The summed E-state index contributed by atoms with van der Waals surface area (Å²) >= 11 is 0. The fraction of sp³-hybridized carbons (Fsp3) is 0.478. The van der Waals surface area contributed by atoms with Crippen LogP contribution in [0, 0.1) is 0 Å². The van der Waals surface area contributed by atoms with Crippen molar-refractivity contribution >= 4 is 29.8 Å². The molecule has 1 aliphatic heterocycles. The standard InChI is InChI=1S/C23H29NO9/c1-13(17(25)30-9)23(33-20(28)32-22(5,6)7)15-12-14(29-8)10-11-16(15)24(18(23)26)19(27)31-21(2,3)4/h10-12H,1H2,2-9H3. The Morgan fingerprint density at radius 2 is 1.55 bits per heavy atom. The van der Waals surface area contributed by atoms with Gasteiger partial charge in [0.2, 0.25) is 0 Å². The zero-order valence-electron chi connectivity index (χ0n) is 20.1. The highest BCUT2D eigenvalue weighted by Crippen LogP contribution is 2.49. The topological polar surface area (TPSA) is 118 Å². The van der Waals surface area contributed by atoms with Crippen LogP contribution in [0.25, 0.3) is 0 Å². The lowest BCUT2D eigenvalue weighted by Crippen LogP contribution is -2.50. The maximum Gasteiger partial charge on any atom is 0.510 e. The first kappa shape index (κ1) is 25.7. The predicted octanol–water partition coefficient (Wildman–Crippen LogP) is 3.85. The number of imide groups is 1. The number of esters is 1. The average molecular weight is 463 g/mol. The van der Waals surface area contributed by atoms with Gasteiger partial charge in [0.05, 0.1) is 25.5 Å². The number of anilines is 1. The van der Waals surface area contributed by atoms with Crippen molar-refractivity contribution in [2.45, 2.75) is 58.3 Å². The molecule has 1 aliphatic rings. The minimum absolute atomic E-state index is 0.0173. The van der Waals surface area contributed by atoms with E-state index < -0.39 is 46.5 Å². The first-order chi connectivity index (χ1) is 15.1. The quantitative estimate of drug-likeness (QED) is 0.373. The monoisotopic (exact) mass is 463 g/mol. The van der Waals surface area contributed by atoms with Crippen LogP contribution in [0.15, 0.2) is 30.4 Å². The fourth-order valence-corrected chi connectivity index (χ4v) is 3.10. The number of amides is 2. The zero-order valence-corrected chi connectivity index (χ0v) is 20.1. The number of ether oxygens (including phenoxy) is 5. The van der Waals surface area contributed by atoms with E-state index in [0.29, 0.717) is 4.90 Å². The molecule has 1 atom stereocenters. The van der Waals surface area contributed by atoms with Gasteiger partial charge >= 0.3 is 18.2 Å². The van der Waals surface area contributed by atoms with Gasteiger partial charge in [0.15, 0.2) is 0 Å². The molecule has 2 amide bonds. The van der Waals surface area contributed by atoms with Crippen LogP contribution < -0.4 is 9.64 Å². The molecule has 0 saturated carbocycles. The molecule has 0 radical (unpaired) electrons. The molecular weight excluding hydrogens is 434 g/mol. The lowest BCUT2D eigenvalue weighted by atomic mass is 9.87. The molecule has 0 bridgehead atoms. The van der Waals surface area contributed by atoms with Crippen molar-refractivity contribution in [1.29, 1.82) is 0 Å². The lowest BCUT2D eigenvalue weighted by molar-refractivity contribution is -0.147. The maximum absolute atomic E-state index is 13.8.